The molecule has 15 rings (SSSR count). The van der Waals surface area contributed by atoms with E-state index in [4.69, 9.17) is 0 Å². The summed E-state index contributed by atoms with van der Waals surface area (Å²) in [4.78, 5) is 5.44. The van der Waals surface area contributed by atoms with Crippen molar-refractivity contribution in [3.05, 3.63) is 210 Å². The van der Waals surface area contributed by atoms with E-state index in [-0.39, 0.29) is 12.3 Å². The second kappa shape index (κ2) is 12.2. The fraction of sp³-hybridized carbons (Fsp3) is 0.0847. The van der Waals surface area contributed by atoms with Crippen molar-refractivity contribution < 1.29 is 0 Å². The van der Waals surface area contributed by atoms with Gasteiger partial charge in [-0.05, 0) is 103 Å². The maximum Gasteiger partial charge on any atom is 0.333 e. The molecule has 0 N–H and O–H groups in total. The molecule has 11 aromatic rings. The zero-order valence-electron chi connectivity index (χ0n) is 35.6. The highest BCUT2D eigenvalue weighted by Crippen LogP contribution is 2.65. The second-order valence-electron chi connectivity index (χ2n) is 19.1. The van der Waals surface area contributed by atoms with Gasteiger partial charge in [-0.3, -0.25) is 0 Å². The van der Waals surface area contributed by atoms with E-state index in [0.717, 1.165) is 0 Å². The SMILES string of the molecule is CC(C)(C)c1ccc(N2B3c4cccc5c4N(c4ccccc4C54c5ccccc5-c5ccccc54)c4cc5sc6ccccc6c5c(c43)-c3ccc4sc5ccccc5c4c32)cc1. The highest BCUT2D eigenvalue weighted by Gasteiger charge is 2.56. The minimum Gasteiger partial charge on any atom is -0.376 e. The zero-order chi connectivity index (χ0) is 42.2. The van der Waals surface area contributed by atoms with Gasteiger partial charge in [-0.15, -0.1) is 22.7 Å². The molecule has 1 spiro atoms. The first-order valence-corrected chi connectivity index (χ1v) is 24.1. The number of para-hydroxylation sites is 2. The lowest BCUT2D eigenvalue weighted by Gasteiger charge is -2.51. The molecule has 64 heavy (non-hydrogen) atoms. The highest BCUT2D eigenvalue weighted by atomic mass is 32.1. The third-order valence-corrected chi connectivity index (χ3v) is 17.2. The molecule has 2 nitrogen and oxygen atoms in total. The van der Waals surface area contributed by atoms with Crippen LogP contribution >= 0.6 is 22.7 Å². The molecule has 9 aromatic carbocycles. The number of nitrogens with zero attached hydrogens (tertiary/aromatic N) is 2. The van der Waals surface area contributed by atoms with Crippen LogP contribution in [0.3, 0.4) is 0 Å². The van der Waals surface area contributed by atoms with E-state index < -0.39 is 5.41 Å². The Morgan fingerprint density at radius 2 is 1.08 bits per heavy atom. The Kier molecular flexibility index (Phi) is 6.78. The summed E-state index contributed by atoms with van der Waals surface area (Å²) < 4.78 is 5.30. The van der Waals surface area contributed by atoms with Crippen LogP contribution in [0.1, 0.15) is 48.6 Å². The Balaban J connectivity index is 1.15. The summed E-state index contributed by atoms with van der Waals surface area (Å²) in [6, 6.07) is 70.1. The minimum atomic E-state index is -0.504. The van der Waals surface area contributed by atoms with Gasteiger partial charge in [-0.2, -0.15) is 0 Å². The predicted octanol–water partition coefficient (Wildman–Crippen LogP) is 15.1. The standard InChI is InChI=1S/C59H39BN2S2/c1-58(2,3)34-27-29-35(30-28-34)62-56-40(31-32-50-53(56)39-18-7-13-26-49(39)63-50)54-52-38-17-6-12-25-48(38)64-51(52)33-47-55(54)60(62)45-23-14-22-44-57(45)61(47)46-24-11-10-21-43(46)59(44)41-19-8-4-15-36(41)37-16-5-9-20-42(37)59/h4-33H,1-3H3. The lowest BCUT2D eigenvalue weighted by Crippen LogP contribution is -2.62. The van der Waals surface area contributed by atoms with Crippen molar-refractivity contribution in [3.8, 4) is 22.3 Å². The normalized spacial score (nSPS) is 14.8. The topological polar surface area (TPSA) is 6.48 Å². The smallest absolute Gasteiger partial charge is 0.333 e. The van der Waals surface area contributed by atoms with Gasteiger partial charge in [-0.1, -0.05) is 160 Å². The Labute approximate surface area is 380 Å². The van der Waals surface area contributed by atoms with Crippen molar-refractivity contribution in [2.24, 2.45) is 0 Å². The maximum absolute atomic E-state index is 2.76. The summed E-state index contributed by atoms with van der Waals surface area (Å²) in [5, 5.41) is 5.36. The number of hydrogen-bond acceptors (Lipinski definition) is 4. The van der Waals surface area contributed by atoms with Crippen LogP contribution in [-0.2, 0) is 10.8 Å². The summed E-state index contributed by atoms with van der Waals surface area (Å²) in [7, 11) is 0. The van der Waals surface area contributed by atoms with E-state index in [1.165, 1.54) is 130 Å². The molecule has 300 valence electrons. The first-order valence-electron chi connectivity index (χ1n) is 22.5. The molecule has 4 aliphatic rings. The Morgan fingerprint density at radius 1 is 0.469 bits per heavy atom. The van der Waals surface area contributed by atoms with Crippen LogP contribution in [0.5, 0.6) is 0 Å². The van der Waals surface area contributed by atoms with Crippen LogP contribution in [0, 0.1) is 0 Å². The lowest BCUT2D eigenvalue weighted by atomic mass is 9.42. The number of benzene rings is 9. The van der Waals surface area contributed by atoms with Gasteiger partial charge in [-0.25, -0.2) is 0 Å². The van der Waals surface area contributed by atoms with Crippen molar-refractivity contribution in [2.75, 3.05) is 9.71 Å². The molecule has 0 saturated heterocycles. The molecule has 0 atom stereocenters. The van der Waals surface area contributed by atoms with E-state index in [1.807, 2.05) is 22.7 Å². The van der Waals surface area contributed by atoms with Gasteiger partial charge < -0.3 is 9.71 Å². The van der Waals surface area contributed by atoms with Crippen LogP contribution in [-0.4, -0.2) is 6.85 Å². The van der Waals surface area contributed by atoms with Crippen molar-refractivity contribution in [1.29, 1.82) is 0 Å². The third-order valence-electron chi connectivity index (χ3n) is 15.0. The lowest BCUT2D eigenvalue weighted by molar-refractivity contribution is 0.590. The predicted molar refractivity (Wildman–Crippen MR) is 276 cm³/mol. The van der Waals surface area contributed by atoms with Crippen LogP contribution in [0.15, 0.2) is 182 Å². The summed E-state index contributed by atoms with van der Waals surface area (Å²) in [5.41, 5.74) is 20.6. The Hall–Kier alpha value is -6.92. The largest absolute Gasteiger partial charge is 0.376 e. The van der Waals surface area contributed by atoms with Crippen LogP contribution < -0.4 is 20.6 Å². The number of anilines is 5. The number of rotatable bonds is 1. The molecule has 0 bridgehead atoms. The van der Waals surface area contributed by atoms with E-state index in [9.17, 15) is 0 Å². The summed E-state index contributed by atoms with van der Waals surface area (Å²) in [6.45, 7) is 6.83. The van der Waals surface area contributed by atoms with Gasteiger partial charge in [0.1, 0.15) is 0 Å². The zero-order valence-corrected chi connectivity index (χ0v) is 37.2. The number of fused-ring (bicyclic) bond motifs is 21. The quantitative estimate of drug-likeness (QED) is 0.152. The van der Waals surface area contributed by atoms with Crippen molar-refractivity contribution in [2.45, 2.75) is 31.6 Å². The van der Waals surface area contributed by atoms with Gasteiger partial charge in [0.15, 0.2) is 0 Å². The molecule has 5 heterocycles. The first-order chi connectivity index (χ1) is 31.4. The molecule has 0 saturated carbocycles. The first kappa shape index (κ1) is 35.5. The van der Waals surface area contributed by atoms with E-state index >= 15 is 0 Å². The van der Waals surface area contributed by atoms with Crippen LogP contribution in [0.25, 0.3) is 62.6 Å². The maximum atomic E-state index is 2.76. The molecule has 1 aliphatic carbocycles. The monoisotopic (exact) mass is 850 g/mol. The Morgan fingerprint density at radius 3 is 1.80 bits per heavy atom. The van der Waals surface area contributed by atoms with E-state index in [2.05, 4.69) is 212 Å². The number of hydrogen-bond donors (Lipinski definition) is 0. The van der Waals surface area contributed by atoms with Gasteiger partial charge in [0, 0.05) is 68.7 Å². The summed E-state index contributed by atoms with van der Waals surface area (Å²) >= 11 is 3.85. The van der Waals surface area contributed by atoms with Crippen LogP contribution in [0.4, 0.5) is 28.4 Å². The summed E-state index contributed by atoms with van der Waals surface area (Å²) in [5.74, 6) is 0. The molecular formula is C59H39BN2S2. The molecule has 3 aliphatic heterocycles. The second-order valence-corrected chi connectivity index (χ2v) is 21.3. The fourth-order valence-corrected chi connectivity index (χ4v) is 14.7. The average Bonchev–Trinajstić information content (AvgIpc) is 3.99. The fourth-order valence-electron chi connectivity index (χ4n) is 12.5. The van der Waals surface area contributed by atoms with Crippen molar-refractivity contribution >= 4 is 109 Å². The highest BCUT2D eigenvalue weighted by molar-refractivity contribution is 7.26. The van der Waals surface area contributed by atoms with E-state index in [1.54, 1.807) is 0 Å². The van der Waals surface area contributed by atoms with E-state index in [0.29, 0.717) is 0 Å². The molecule has 0 amide bonds. The molecule has 5 heteroatoms. The molecular weight excluding hydrogens is 812 g/mol. The molecule has 2 aromatic heterocycles. The van der Waals surface area contributed by atoms with Crippen molar-refractivity contribution in [3.63, 3.8) is 0 Å². The summed E-state index contributed by atoms with van der Waals surface area (Å²) in [6.07, 6.45) is 0. The van der Waals surface area contributed by atoms with Crippen molar-refractivity contribution in [1.82, 2.24) is 0 Å². The van der Waals surface area contributed by atoms with Crippen LogP contribution in [0.2, 0.25) is 0 Å². The molecule has 0 fully saturated rings. The minimum absolute atomic E-state index is 0.0277. The van der Waals surface area contributed by atoms with Gasteiger partial charge >= 0.3 is 6.85 Å². The average molecular weight is 851 g/mol. The molecule has 0 unspecified atom stereocenters. The Bertz CT molecular complexity index is 3820. The molecule has 0 radical (unpaired) electrons. The van der Waals surface area contributed by atoms with Gasteiger partial charge in [0.2, 0.25) is 0 Å². The number of thiophene rings is 2. The van der Waals surface area contributed by atoms with Gasteiger partial charge in [0.05, 0.1) is 11.1 Å². The third kappa shape index (κ3) is 4.23. The van der Waals surface area contributed by atoms with Gasteiger partial charge in [0.25, 0.3) is 0 Å².